The molecule has 2 nitrogen and oxygen atoms in total. The fraction of sp³-hybridized carbons (Fsp3) is 0.250. The summed E-state index contributed by atoms with van der Waals surface area (Å²) < 4.78 is 38.4. The van der Waals surface area contributed by atoms with Gasteiger partial charge in [-0.2, -0.15) is 13.2 Å². The highest BCUT2D eigenvalue weighted by Gasteiger charge is 2.65. The van der Waals surface area contributed by atoms with Crippen molar-refractivity contribution in [3.8, 4) is 0 Å². The predicted molar refractivity (Wildman–Crippen MR) is 51.7 cm³/mol. The molecule has 0 spiro atoms. The molecule has 0 amide bonds. The molecule has 0 aliphatic carbocycles. The molecule has 0 bridgehead atoms. The van der Waals surface area contributed by atoms with Crippen LogP contribution in [0.15, 0.2) is 34.5 Å². The SMILES string of the molecule is FC(F)(F)C1(c2ccc(I)cc2)N=N1. The third-order valence-corrected chi connectivity index (χ3v) is 2.66. The highest BCUT2D eigenvalue weighted by molar-refractivity contribution is 14.1. The van der Waals surface area contributed by atoms with E-state index in [9.17, 15) is 13.2 Å². The Morgan fingerprint density at radius 3 is 1.93 bits per heavy atom. The van der Waals surface area contributed by atoms with Crippen molar-refractivity contribution >= 4 is 22.6 Å². The maximum atomic E-state index is 12.5. The lowest BCUT2D eigenvalue weighted by Gasteiger charge is -2.14. The first-order chi connectivity index (χ1) is 6.46. The van der Waals surface area contributed by atoms with E-state index < -0.39 is 11.8 Å². The molecule has 0 N–H and O–H groups in total. The van der Waals surface area contributed by atoms with Gasteiger partial charge in [0.2, 0.25) is 0 Å². The Bertz CT molecular complexity index is 377. The van der Waals surface area contributed by atoms with E-state index in [1.165, 1.54) is 12.1 Å². The first-order valence-electron chi connectivity index (χ1n) is 3.72. The van der Waals surface area contributed by atoms with Gasteiger partial charge in [0.15, 0.2) is 0 Å². The molecule has 0 saturated heterocycles. The molecule has 0 aromatic heterocycles. The van der Waals surface area contributed by atoms with Crippen molar-refractivity contribution in [3.05, 3.63) is 33.4 Å². The lowest BCUT2D eigenvalue weighted by atomic mass is 10.0. The highest BCUT2D eigenvalue weighted by Crippen LogP contribution is 2.52. The summed E-state index contributed by atoms with van der Waals surface area (Å²) >= 11 is 2.02. The van der Waals surface area contributed by atoms with E-state index >= 15 is 0 Å². The van der Waals surface area contributed by atoms with Gasteiger partial charge in [-0.15, -0.1) is 10.2 Å². The maximum Gasteiger partial charge on any atom is 0.442 e. The van der Waals surface area contributed by atoms with Crippen molar-refractivity contribution in [2.75, 3.05) is 0 Å². The Morgan fingerprint density at radius 2 is 1.57 bits per heavy atom. The average molecular weight is 312 g/mol. The van der Waals surface area contributed by atoms with Gasteiger partial charge in [-0.1, -0.05) is 12.1 Å². The molecule has 6 heteroatoms. The molecule has 74 valence electrons. The quantitative estimate of drug-likeness (QED) is 0.710. The Hall–Kier alpha value is -0.660. The maximum absolute atomic E-state index is 12.5. The second-order valence-electron chi connectivity index (χ2n) is 2.88. The van der Waals surface area contributed by atoms with Gasteiger partial charge in [0.1, 0.15) is 0 Å². The molecule has 0 unspecified atom stereocenters. The second kappa shape index (κ2) is 2.91. The standard InChI is InChI=1S/C8H4F3IN2/c9-8(10,11)7(13-14-7)5-1-3-6(12)4-2-5/h1-4H. The smallest absolute Gasteiger partial charge is 0.166 e. The number of nitrogens with zero attached hydrogens (tertiary/aromatic N) is 2. The summed E-state index contributed by atoms with van der Waals surface area (Å²) in [5, 5.41) is 6.21. The van der Waals surface area contributed by atoms with E-state index in [-0.39, 0.29) is 5.56 Å². The van der Waals surface area contributed by atoms with Gasteiger partial charge in [0.05, 0.1) is 0 Å². The van der Waals surface area contributed by atoms with Crippen molar-refractivity contribution in [2.45, 2.75) is 11.8 Å². The monoisotopic (exact) mass is 312 g/mol. The predicted octanol–water partition coefficient (Wildman–Crippen LogP) is 3.47. The van der Waals surface area contributed by atoms with Crippen LogP contribution in [0.5, 0.6) is 0 Å². The van der Waals surface area contributed by atoms with Crippen LogP contribution < -0.4 is 0 Å². The number of hydrogen-bond donors (Lipinski definition) is 0. The fourth-order valence-electron chi connectivity index (χ4n) is 1.12. The van der Waals surface area contributed by atoms with Crippen molar-refractivity contribution in [1.29, 1.82) is 0 Å². The minimum Gasteiger partial charge on any atom is -0.166 e. The first-order valence-corrected chi connectivity index (χ1v) is 4.80. The second-order valence-corrected chi connectivity index (χ2v) is 4.12. The van der Waals surface area contributed by atoms with Crippen LogP contribution >= 0.6 is 22.6 Å². The van der Waals surface area contributed by atoms with E-state index in [4.69, 9.17) is 0 Å². The molecule has 1 aliphatic heterocycles. The van der Waals surface area contributed by atoms with Crippen molar-refractivity contribution in [2.24, 2.45) is 10.2 Å². The van der Waals surface area contributed by atoms with Gasteiger partial charge in [-0.05, 0) is 34.7 Å². The Morgan fingerprint density at radius 1 is 1.07 bits per heavy atom. The molecule has 1 heterocycles. The summed E-state index contributed by atoms with van der Waals surface area (Å²) in [6.07, 6.45) is -4.43. The minimum absolute atomic E-state index is 0.0745. The largest absolute Gasteiger partial charge is 0.442 e. The van der Waals surface area contributed by atoms with Crippen molar-refractivity contribution in [3.63, 3.8) is 0 Å². The zero-order chi connectivity index (χ0) is 10.4. The lowest BCUT2D eigenvalue weighted by Crippen LogP contribution is -2.29. The lowest BCUT2D eigenvalue weighted by molar-refractivity contribution is -0.166. The zero-order valence-corrected chi connectivity index (χ0v) is 8.87. The van der Waals surface area contributed by atoms with Crippen LogP contribution in [0.3, 0.4) is 0 Å². The van der Waals surface area contributed by atoms with Crippen molar-refractivity contribution in [1.82, 2.24) is 0 Å². The average Bonchev–Trinajstić information content (AvgIpc) is 2.84. The van der Waals surface area contributed by atoms with E-state index in [1.54, 1.807) is 12.1 Å². The Kier molecular flexibility index (Phi) is 2.06. The molecule has 0 saturated carbocycles. The van der Waals surface area contributed by atoms with Gasteiger partial charge in [0, 0.05) is 9.13 Å². The highest BCUT2D eigenvalue weighted by atomic mass is 127. The van der Waals surface area contributed by atoms with Gasteiger partial charge in [-0.3, -0.25) is 0 Å². The van der Waals surface area contributed by atoms with E-state index in [0.717, 1.165) is 3.57 Å². The summed E-state index contributed by atoms with van der Waals surface area (Å²) in [5.74, 6) is 0. The number of rotatable bonds is 1. The summed E-state index contributed by atoms with van der Waals surface area (Å²) in [6.45, 7) is 0. The van der Waals surface area contributed by atoms with Gasteiger partial charge >= 0.3 is 11.8 Å². The summed E-state index contributed by atoms with van der Waals surface area (Å²) in [7, 11) is 0. The van der Waals surface area contributed by atoms with Gasteiger partial charge in [0.25, 0.3) is 0 Å². The number of hydrogen-bond acceptors (Lipinski definition) is 2. The molecule has 14 heavy (non-hydrogen) atoms. The van der Waals surface area contributed by atoms with Gasteiger partial charge in [-0.25, -0.2) is 0 Å². The minimum atomic E-state index is -4.43. The van der Waals surface area contributed by atoms with Crippen LogP contribution in [0.1, 0.15) is 5.56 Å². The van der Waals surface area contributed by atoms with Crippen LogP contribution in [-0.2, 0) is 5.66 Å². The van der Waals surface area contributed by atoms with Crippen LogP contribution in [0.2, 0.25) is 0 Å². The van der Waals surface area contributed by atoms with E-state index in [0.29, 0.717) is 0 Å². The molecule has 1 aromatic rings. The summed E-state index contributed by atoms with van der Waals surface area (Å²) in [5.41, 5.74) is -2.21. The first kappa shape index (κ1) is 9.88. The van der Waals surface area contributed by atoms with Gasteiger partial charge < -0.3 is 0 Å². The molecular weight excluding hydrogens is 308 g/mol. The summed E-state index contributed by atoms with van der Waals surface area (Å²) in [4.78, 5) is 0. The fourth-order valence-corrected chi connectivity index (χ4v) is 1.48. The molecular formula is C8H4F3IN2. The Labute approximate surface area is 91.4 Å². The molecule has 1 aliphatic rings. The third-order valence-electron chi connectivity index (χ3n) is 1.94. The van der Waals surface area contributed by atoms with E-state index in [2.05, 4.69) is 10.2 Å². The summed E-state index contributed by atoms with van der Waals surface area (Å²) in [6, 6.07) is 6.00. The van der Waals surface area contributed by atoms with Crippen LogP contribution in [0.4, 0.5) is 13.2 Å². The van der Waals surface area contributed by atoms with Crippen LogP contribution in [0, 0.1) is 3.57 Å². The molecule has 2 rings (SSSR count). The van der Waals surface area contributed by atoms with Crippen molar-refractivity contribution < 1.29 is 13.2 Å². The molecule has 0 radical (unpaired) electrons. The van der Waals surface area contributed by atoms with Crippen LogP contribution in [0.25, 0.3) is 0 Å². The molecule has 0 fully saturated rings. The normalized spacial score (nSPS) is 18.3. The van der Waals surface area contributed by atoms with Crippen LogP contribution in [-0.4, -0.2) is 6.18 Å². The number of alkyl halides is 3. The van der Waals surface area contributed by atoms with E-state index in [1.807, 2.05) is 22.6 Å². The Balaban J connectivity index is 2.37. The third kappa shape index (κ3) is 1.41. The topological polar surface area (TPSA) is 24.7 Å². The molecule has 1 aromatic carbocycles. The zero-order valence-electron chi connectivity index (χ0n) is 6.72. The number of benzene rings is 1. The number of halogens is 4. The molecule has 0 atom stereocenters.